The molecule has 17 heavy (non-hydrogen) atoms. The summed E-state index contributed by atoms with van der Waals surface area (Å²) in [7, 11) is 0. The summed E-state index contributed by atoms with van der Waals surface area (Å²) in [5.74, 6) is 0. The third-order valence-electron chi connectivity index (χ3n) is 2.94. The van der Waals surface area contributed by atoms with E-state index in [0.29, 0.717) is 6.54 Å². The Kier molecular flexibility index (Phi) is 3.99. The van der Waals surface area contributed by atoms with Gasteiger partial charge in [-0.05, 0) is 58.6 Å². The number of nitrogens with one attached hydrogen (secondary N) is 1. The van der Waals surface area contributed by atoms with Crippen LogP contribution in [0.4, 0.5) is 0 Å². The molecule has 0 fully saturated rings. The summed E-state index contributed by atoms with van der Waals surface area (Å²) in [5, 5.41) is 21.9. The number of thiophene rings is 2. The van der Waals surface area contributed by atoms with Gasteiger partial charge in [0.05, 0.1) is 0 Å². The molecular weight excluding hydrogens is 250 g/mol. The average Bonchev–Trinajstić information content (AvgIpc) is 2.97. The first-order valence-corrected chi connectivity index (χ1v) is 7.49. The lowest BCUT2D eigenvalue weighted by atomic mass is 9.98. The molecule has 2 rings (SSSR count). The minimum Gasteiger partial charge on any atom is -0.384 e. The maximum absolute atomic E-state index is 10.4. The molecule has 0 saturated carbocycles. The van der Waals surface area contributed by atoms with Crippen molar-refractivity contribution in [1.82, 2.24) is 5.32 Å². The van der Waals surface area contributed by atoms with E-state index in [4.69, 9.17) is 0 Å². The van der Waals surface area contributed by atoms with Gasteiger partial charge in [0.15, 0.2) is 0 Å². The Morgan fingerprint density at radius 1 is 1.29 bits per heavy atom. The molecule has 0 spiro atoms. The van der Waals surface area contributed by atoms with Crippen LogP contribution in [0.25, 0.3) is 0 Å². The molecule has 0 radical (unpaired) electrons. The van der Waals surface area contributed by atoms with Gasteiger partial charge < -0.3 is 10.4 Å². The van der Waals surface area contributed by atoms with E-state index in [1.165, 1.54) is 5.56 Å². The van der Waals surface area contributed by atoms with Crippen molar-refractivity contribution in [2.75, 3.05) is 6.54 Å². The average molecular weight is 267 g/mol. The Labute approximate surface area is 110 Å². The maximum atomic E-state index is 10.4. The molecule has 2 atom stereocenters. The Balaban J connectivity index is 1.94. The van der Waals surface area contributed by atoms with Gasteiger partial charge in [-0.2, -0.15) is 22.7 Å². The van der Waals surface area contributed by atoms with Crippen molar-refractivity contribution in [3.05, 3.63) is 44.8 Å². The van der Waals surface area contributed by atoms with E-state index in [1.807, 2.05) is 23.8 Å². The van der Waals surface area contributed by atoms with Gasteiger partial charge in [-0.25, -0.2) is 0 Å². The van der Waals surface area contributed by atoms with E-state index in [2.05, 4.69) is 29.1 Å². The standard InChI is InChI=1S/C13H17NOS2/c1-10(11-3-5-16-7-11)14-9-13(2,15)12-4-6-17-8-12/h3-8,10,14-15H,9H2,1-2H3. The summed E-state index contributed by atoms with van der Waals surface area (Å²) in [6.45, 7) is 4.52. The number of aliphatic hydroxyl groups is 1. The Morgan fingerprint density at radius 3 is 2.59 bits per heavy atom. The smallest absolute Gasteiger partial charge is 0.100 e. The molecule has 2 nitrogen and oxygen atoms in total. The van der Waals surface area contributed by atoms with Crippen LogP contribution in [-0.2, 0) is 5.60 Å². The van der Waals surface area contributed by atoms with E-state index < -0.39 is 5.60 Å². The summed E-state index contributed by atoms with van der Waals surface area (Å²) in [4.78, 5) is 0. The van der Waals surface area contributed by atoms with E-state index in [-0.39, 0.29) is 6.04 Å². The zero-order valence-corrected chi connectivity index (χ0v) is 11.6. The van der Waals surface area contributed by atoms with Gasteiger partial charge in [-0.1, -0.05) is 0 Å². The van der Waals surface area contributed by atoms with Crippen LogP contribution in [0.2, 0.25) is 0 Å². The highest BCUT2D eigenvalue weighted by atomic mass is 32.1. The van der Waals surface area contributed by atoms with Crippen molar-refractivity contribution >= 4 is 22.7 Å². The molecule has 2 unspecified atom stereocenters. The minimum atomic E-state index is -0.801. The van der Waals surface area contributed by atoms with Gasteiger partial charge in [0.2, 0.25) is 0 Å². The fourth-order valence-corrected chi connectivity index (χ4v) is 3.20. The van der Waals surface area contributed by atoms with Gasteiger partial charge in [-0.15, -0.1) is 0 Å². The minimum absolute atomic E-state index is 0.270. The van der Waals surface area contributed by atoms with Gasteiger partial charge >= 0.3 is 0 Å². The van der Waals surface area contributed by atoms with E-state index in [0.717, 1.165) is 5.56 Å². The van der Waals surface area contributed by atoms with E-state index in [9.17, 15) is 5.11 Å². The molecule has 0 aromatic carbocycles. The summed E-state index contributed by atoms with van der Waals surface area (Å²) in [6, 6.07) is 4.36. The van der Waals surface area contributed by atoms with Crippen LogP contribution in [0.1, 0.15) is 31.0 Å². The highest BCUT2D eigenvalue weighted by Crippen LogP contribution is 2.23. The second-order valence-corrected chi connectivity index (χ2v) is 6.01. The van der Waals surface area contributed by atoms with E-state index in [1.54, 1.807) is 22.7 Å². The van der Waals surface area contributed by atoms with Crippen LogP contribution in [0.15, 0.2) is 33.7 Å². The van der Waals surface area contributed by atoms with Gasteiger partial charge in [0.1, 0.15) is 5.60 Å². The van der Waals surface area contributed by atoms with E-state index >= 15 is 0 Å². The molecule has 4 heteroatoms. The molecule has 0 aliphatic heterocycles. The Morgan fingerprint density at radius 2 is 2.00 bits per heavy atom. The van der Waals surface area contributed by atoms with Gasteiger partial charge in [-0.3, -0.25) is 0 Å². The highest BCUT2D eigenvalue weighted by Gasteiger charge is 2.24. The third-order valence-corrected chi connectivity index (χ3v) is 4.32. The van der Waals surface area contributed by atoms with Gasteiger partial charge in [0.25, 0.3) is 0 Å². The molecule has 2 aromatic rings. The lowest BCUT2D eigenvalue weighted by Gasteiger charge is -2.25. The highest BCUT2D eigenvalue weighted by molar-refractivity contribution is 7.08. The predicted octanol–water partition coefficient (Wildman–Crippen LogP) is 3.37. The van der Waals surface area contributed by atoms with Crippen LogP contribution in [0.5, 0.6) is 0 Å². The fourth-order valence-electron chi connectivity index (χ4n) is 1.66. The molecule has 92 valence electrons. The second kappa shape index (κ2) is 5.31. The molecule has 2 N–H and O–H groups in total. The SMILES string of the molecule is CC(NCC(C)(O)c1ccsc1)c1ccsc1. The quantitative estimate of drug-likeness (QED) is 0.870. The van der Waals surface area contributed by atoms with Crippen molar-refractivity contribution in [2.24, 2.45) is 0 Å². The first-order chi connectivity index (χ1) is 8.09. The van der Waals surface area contributed by atoms with Gasteiger partial charge in [0, 0.05) is 12.6 Å². The van der Waals surface area contributed by atoms with Crippen LogP contribution < -0.4 is 5.32 Å². The van der Waals surface area contributed by atoms with Crippen LogP contribution in [-0.4, -0.2) is 11.7 Å². The molecule has 0 amide bonds. The number of rotatable bonds is 5. The first-order valence-electron chi connectivity index (χ1n) is 5.60. The topological polar surface area (TPSA) is 32.3 Å². The lowest BCUT2D eigenvalue weighted by Crippen LogP contribution is -2.36. The molecule has 0 saturated heterocycles. The predicted molar refractivity (Wildman–Crippen MR) is 74.6 cm³/mol. The zero-order chi connectivity index (χ0) is 12.3. The van der Waals surface area contributed by atoms with Crippen molar-refractivity contribution in [3.63, 3.8) is 0 Å². The summed E-state index contributed by atoms with van der Waals surface area (Å²) < 4.78 is 0. The largest absolute Gasteiger partial charge is 0.384 e. The fraction of sp³-hybridized carbons (Fsp3) is 0.385. The Hall–Kier alpha value is -0.680. The van der Waals surface area contributed by atoms with Crippen LogP contribution in [0.3, 0.4) is 0 Å². The van der Waals surface area contributed by atoms with Crippen molar-refractivity contribution < 1.29 is 5.11 Å². The molecule has 2 aromatic heterocycles. The number of hydrogen-bond donors (Lipinski definition) is 2. The normalized spacial score (nSPS) is 16.6. The van der Waals surface area contributed by atoms with Crippen molar-refractivity contribution in [1.29, 1.82) is 0 Å². The molecule has 2 heterocycles. The monoisotopic (exact) mass is 267 g/mol. The second-order valence-electron chi connectivity index (χ2n) is 4.45. The summed E-state index contributed by atoms with van der Waals surface area (Å²) in [5.41, 5.74) is 1.45. The lowest BCUT2D eigenvalue weighted by molar-refractivity contribution is 0.0548. The molecule has 0 bridgehead atoms. The third kappa shape index (κ3) is 3.16. The van der Waals surface area contributed by atoms with Crippen LogP contribution in [0, 0.1) is 0 Å². The Bertz CT molecular complexity index is 434. The first kappa shape index (κ1) is 12.8. The molecule has 0 aliphatic carbocycles. The van der Waals surface area contributed by atoms with Crippen molar-refractivity contribution in [2.45, 2.75) is 25.5 Å². The maximum Gasteiger partial charge on any atom is 0.100 e. The number of hydrogen-bond acceptors (Lipinski definition) is 4. The van der Waals surface area contributed by atoms with Crippen LogP contribution >= 0.6 is 22.7 Å². The molecule has 0 aliphatic rings. The summed E-state index contributed by atoms with van der Waals surface area (Å²) >= 11 is 3.31. The molecular formula is C13H17NOS2. The summed E-state index contributed by atoms with van der Waals surface area (Å²) in [6.07, 6.45) is 0. The van der Waals surface area contributed by atoms with Crippen molar-refractivity contribution in [3.8, 4) is 0 Å². The zero-order valence-electron chi connectivity index (χ0n) is 10.0.